The van der Waals surface area contributed by atoms with Crippen molar-refractivity contribution in [3.63, 3.8) is 0 Å². The van der Waals surface area contributed by atoms with E-state index in [1.807, 2.05) is 29.5 Å². The summed E-state index contributed by atoms with van der Waals surface area (Å²) in [5, 5.41) is 3.01. The second-order valence-electron chi connectivity index (χ2n) is 3.32. The Morgan fingerprint density at radius 2 is 2.35 bits per heavy atom. The molecule has 0 radical (unpaired) electrons. The van der Waals surface area contributed by atoms with Crippen LogP contribution in [0.15, 0.2) is 21.7 Å². The highest BCUT2D eigenvalue weighted by atomic mass is 127. The zero-order valence-electron chi connectivity index (χ0n) is 9.16. The maximum atomic E-state index is 11.3. The Balaban J connectivity index is 2.07. The summed E-state index contributed by atoms with van der Waals surface area (Å²) < 4.78 is 5.96. The molecule has 90 valence electrons. The molecular weight excluding hydrogens is 335 g/mol. The molecule has 0 aliphatic heterocycles. The molecule has 0 aromatic carbocycles. The summed E-state index contributed by atoms with van der Waals surface area (Å²) in [6.07, 6.45) is 3.88. The predicted octanol–water partition coefficient (Wildman–Crippen LogP) is 1.54. The standard InChI is InChI=1S/C10H11IN4O2/c1-2-6-3-12-7(17-6)4-13-9-8(11)10(16)15-5-14-9/h3,5H,2,4H2,1H3,(H2,13,14,15,16). The maximum Gasteiger partial charge on any atom is 0.266 e. The van der Waals surface area contributed by atoms with Crippen LogP contribution >= 0.6 is 22.6 Å². The van der Waals surface area contributed by atoms with Crippen LogP contribution in [0.25, 0.3) is 0 Å². The fraction of sp³-hybridized carbons (Fsp3) is 0.300. The molecule has 2 rings (SSSR count). The first-order valence-electron chi connectivity index (χ1n) is 5.11. The third kappa shape index (κ3) is 2.84. The van der Waals surface area contributed by atoms with Gasteiger partial charge in [-0.15, -0.1) is 0 Å². The van der Waals surface area contributed by atoms with Crippen molar-refractivity contribution in [1.29, 1.82) is 0 Å². The summed E-state index contributed by atoms with van der Waals surface area (Å²) in [4.78, 5) is 22.0. The fourth-order valence-corrected chi connectivity index (χ4v) is 1.74. The van der Waals surface area contributed by atoms with Gasteiger partial charge in [-0.3, -0.25) is 4.79 Å². The minimum Gasteiger partial charge on any atom is -0.444 e. The largest absolute Gasteiger partial charge is 0.444 e. The number of rotatable bonds is 4. The van der Waals surface area contributed by atoms with Gasteiger partial charge < -0.3 is 14.7 Å². The van der Waals surface area contributed by atoms with Crippen molar-refractivity contribution in [3.8, 4) is 0 Å². The lowest BCUT2D eigenvalue weighted by Crippen LogP contribution is -2.14. The molecule has 6 nitrogen and oxygen atoms in total. The zero-order valence-corrected chi connectivity index (χ0v) is 11.3. The Morgan fingerprint density at radius 3 is 3.06 bits per heavy atom. The summed E-state index contributed by atoms with van der Waals surface area (Å²) in [6, 6.07) is 0. The zero-order chi connectivity index (χ0) is 12.3. The summed E-state index contributed by atoms with van der Waals surface area (Å²) in [5.74, 6) is 1.96. The SMILES string of the molecule is CCc1cnc(CNc2nc[nH]c(=O)c2I)o1. The van der Waals surface area contributed by atoms with Gasteiger partial charge in [0.05, 0.1) is 19.1 Å². The summed E-state index contributed by atoms with van der Waals surface area (Å²) in [6.45, 7) is 2.41. The average Bonchev–Trinajstić information content (AvgIpc) is 2.79. The lowest BCUT2D eigenvalue weighted by Gasteiger charge is -2.03. The normalized spacial score (nSPS) is 10.5. The van der Waals surface area contributed by atoms with Gasteiger partial charge in [0.2, 0.25) is 5.89 Å². The van der Waals surface area contributed by atoms with Crippen LogP contribution in [-0.2, 0) is 13.0 Å². The average molecular weight is 346 g/mol. The van der Waals surface area contributed by atoms with Gasteiger partial charge in [-0.2, -0.15) is 0 Å². The van der Waals surface area contributed by atoms with Crippen molar-refractivity contribution in [2.45, 2.75) is 19.9 Å². The lowest BCUT2D eigenvalue weighted by atomic mass is 10.4. The number of hydrogen-bond acceptors (Lipinski definition) is 5. The molecule has 0 unspecified atom stereocenters. The van der Waals surface area contributed by atoms with E-state index in [1.54, 1.807) is 6.20 Å². The van der Waals surface area contributed by atoms with E-state index in [9.17, 15) is 4.79 Å². The molecule has 0 aliphatic rings. The Labute approximate surface area is 111 Å². The van der Waals surface area contributed by atoms with Gasteiger partial charge in [0, 0.05) is 6.42 Å². The highest BCUT2D eigenvalue weighted by Crippen LogP contribution is 2.11. The number of aromatic amines is 1. The van der Waals surface area contributed by atoms with Crippen LogP contribution in [0.3, 0.4) is 0 Å². The second-order valence-corrected chi connectivity index (χ2v) is 4.40. The van der Waals surface area contributed by atoms with Crippen molar-refractivity contribution in [1.82, 2.24) is 15.0 Å². The number of nitrogens with one attached hydrogen (secondary N) is 2. The van der Waals surface area contributed by atoms with E-state index in [1.165, 1.54) is 6.33 Å². The minimum atomic E-state index is -0.162. The third-order valence-corrected chi connectivity index (χ3v) is 3.15. The monoisotopic (exact) mass is 346 g/mol. The molecule has 2 aromatic heterocycles. The smallest absolute Gasteiger partial charge is 0.266 e. The first-order chi connectivity index (χ1) is 8.20. The fourth-order valence-electron chi connectivity index (χ4n) is 1.26. The highest BCUT2D eigenvalue weighted by Gasteiger charge is 2.07. The molecule has 7 heteroatoms. The van der Waals surface area contributed by atoms with Crippen LogP contribution in [0.4, 0.5) is 5.82 Å². The Morgan fingerprint density at radius 1 is 1.53 bits per heavy atom. The van der Waals surface area contributed by atoms with E-state index in [4.69, 9.17) is 4.42 Å². The van der Waals surface area contributed by atoms with E-state index < -0.39 is 0 Å². The van der Waals surface area contributed by atoms with Gasteiger partial charge in [-0.05, 0) is 22.6 Å². The first kappa shape index (κ1) is 12.1. The van der Waals surface area contributed by atoms with Gasteiger partial charge in [0.25, 0.3) is 5.56 Å². The topological polar surface area (TPSA) is 83.8 Å². The molecule has 0 saturated heterocycles. The van der Waals surface area contributed by atoms with E-state index >= 15 is 0 Å². The third-order valence-electron chi connectivity index (χ3n) is 2.15. The van der Waals surface area contributed by atoms with Crippen molar-refractivity contribution >= 4 is 28.4 Å². The second kappa shape index (κ2) is 5.30. The molecule has 2 aromatic rings. The molecule has 2 heterocycles. The number of oxazole rings is 1. The van der Waals surface area contributed by atoms with E-state index in [-0.39, 0.29) is 5.56 Å². The van der Waals surface area contributed by atoms with E-state index in [0.717, 1.165) is 12.2 Å². The van der Waals surface area contributed by atoms with E-state index in [2.05, 4.69) is 20.3 Å². The molecule has 17 heavy (non-hydrogen) atoms. The number of nitrogens with zero attached hydrogens (tertiary/aromatic N) is 2. The number of halogens is 1. The quantitative estimate of drug-likeness (QED) is 0.821. The summed E-state index contributed by atoms with van der Waals surface area (Å²) in [5.41, 5.74) is -0.162. The first-order valence-corrected chi connectivity index (χ1v) is 6.19. The van der Waals surface area contributed by atoms with Crippen LogP contribution in [0.1, 0.15) is 18.6 Å². The molecule has 0 saturated carbocycles. The Kier molecular flexibility index (Phi) is 3.77. The molecule has 2 N–H and O–H groups in total. The van der Waals surface area contributed by atoms with Crippen LogP contribution < -0.4 is 10.9 Å². The van der Waals surface area contributed by atoms with Gasteiger partial charge in [-0.25, -0.2) is 9.97 Å². The number of aromatic nitrogens is 3. The van der Waals surface area contributed by atoms with E-state index in [0.29, 0.717) is 21.8 Å². The van der Waals surface area contributed by atoms with Crippen molar-refractivity contribution < 1.29 is 4.42 Å². The number of hydrogen-bond donors (Lipinski definition) is 2. The van der Waals surface area contributed by atoms with Crippen molar-refractivity contribution in [3.05, 3.63) is 38.1 Å². The highest BCUT2D eigenvalue weighted by molar-refractivity contribution is 14.1. The number of aryl methyl sites for hydroxylation is 1. The molecule has 0 aliphatic carbocycles. The maximum absolute atomic E-state index is 11.3. The van der Waals surface area contributed by atoms with Crippen molar-refractivity contribution in [2.24, 2.45) is 0 Å². The van der Waals surface area contributed by atoms with Crippen LogP contribution in [0, 0.1) is 3.57 Å². The molecule has 0 bridgehead atoms. The number of anilines is 1. The predicted molar refractivity (Wildman–Crippen MR) is 70.8 cm³/mol. The minimum absolute atomic E-state index is 0.162. The van der Waals surface area contributed by atoms with Gasteiger partial charge in [-0.1, -0.05) is 6.92 Å². The Bertz CT molecular complexity index is 563. The molecule has 0 atom stereocenters. The van der Waals surface area contributed by atoms with Crippen LogP contribution in [0.2, 0.25) is 0 Å². The van der Waals surface area contributed by atoms with Gasteiger partial charge >= 0.3 is 0 Å². The van der Waals surface area contributed by atoms with Crippen LogP contribution in [0.5, 0.6) is 0 Å². The van der Waals surface area contributed by atoms with Gasteiger partial charge in [0.1, 0.15) is 15.1 Å². The molecule has 0 spiro atoms. The van der Waals surface area contributed by atoms with Gasteiger partial charge in [0.15, 0.2) is 0 Å². The van der Waals surface area contributed by atoms with Crippen molar-refractivity contribution in [2.75, 3.05) is 5.32 Å². The molecule has 0 fully saturated rings. The number of H-pyrrole nitrogens is 1. The Hall–Kier alpha value is -1.38. The summed E-state index contributed by atoms with van der Waals surface area (Å²) in [7, 11) is 0. The molecule has 0 amide bonds. The molecular formula is C10H11IN4O2. The summed E-state index contributed by atoms with van der Waals surface area (Å²) >= 11 is 1.94. The van der Waals surface area contributed by atoms with Crippen LogP contribution in [-0.4, -0.2) is 15.0 Å². The lowest BCUT2D eigenvalue weighted by molar-refractivity contribution is 0.465.